The van der Waals surface area contributed by atoms with Crippen LogP contribution in [0.25, 0.3) is 60.6 Å². The monoisotopic (exact) mass is 660 g/mol. The Morgan fingerprint density at radius 3 is 1.82 bits per heavy atom. The molecule has 0 atom stereocenters. The van der Waals surface area contributed by atoms with Crippen LogP contribution in [-0.2, 0) is 9.98 Å². The largest absolute Gasteiger partial charge is 0.309 e. The highest BCUT2D eigenvalue weighted by Gasteiger charge is 2.38. The number of fused-ring (bicyclic) bond motifs is 11. The molecule has 50 heavy (non-hydrogen) atoms. The zero-order chi connectivity index (χ0) is 33.6. The molecule has 9 aromatic rings. The zero-order valence-corrected chi connectivity index (χ0v) is 28.7. The Bertz CT molecular complexity index is 2830. The summed E-state index contributed by atoms with van der Waals surface area (Å²) in [5.41, 5.74) is 11.3. The molecule has 0 amide bonds. The Labute approximate surface area is 290 Å². The van der Waals surface area contributed by atoms with Crippen molar-refractivity contribution in [3.05, 3.63) is 175 Å². The van der Waals surface area contributed by atoms with Crippen molar-refractivity contribution >= 4 is 61.4 Å². The van der Waals surface area contributed by atoms with E-state index in [1.165, 1.54) is 44.2 Å². The van der Waals surface area contributed by atoms with Gasteiger partial charge in [0.2, 0.25) is 0 Å². The van der Waals surface area contributed by atoms with Crippen molar-refractivity contribution < 1.29 is 4.57 Å². The zero-order valence-electron chi connectivity index (χ0n) is 27.8. The van der Waals surface area contributed by atoms with Gasteiger partial charge in [-0.15, -0.1) is 0 Å². The molecule has 2 aromatic heterocycles. The summed E-state index contributed by atoms with van der Waals surface area (Å²) < 4.78 is 17.6. The number of pyridine rings is 1. The molecule has 4 heteroatoms. The van der Waals surface area contributed by atoms with Crippen molar-refractivity contribution in [2.75, 3.05) is 0 Å². The molecule has 238 valence electrons. The maximum absolute atomic E-state index is 15.3. The third-order valence-electron chi connectivity index (χ3n) is 10.9. The second-order valence-corrected chi connectivity index (χ2v) is 16.7. The Balaban J connectivity index is 1.13. The number of aromatic nitrogens is 2. The summed E-state index contributed by atoms with van der Waals surface area (Å²) in [6.45, 7) is 4.60. The summed E-state index contributed by atoms with van der Waals surface area (Å²) in [7, 11) is -3.10. The SMILES string of the molecule is CC1(C)c2cc(-c3ccc4c5ccccc5c5nc6ccccc6n5c4c3)ccc2-c2ccc(P(=O)(c3ccccc3)c3ccccc3)cc21. The van der Waals surface area contributed by atoms with E-state index < -0.39 is 7.14 Å². The first-order chi connectivity index (χ1) is 24.4. The van der Waals surface area contributed by atoms with Crippen LogP contribution >= 0.6 is 7.14 Å². The van der Waals surface area contributed by atoms with E-state index in [9.17, 15) is 0 Å². The molecule has 0 saturated heterocycles. The predicted octanol–water partition coefficient (Wildman–Crippen LogP) is 10.4. The molecular weight excluding hydrogens is 627 g/mol. The molecular formula is C46H33N2OP. The number of rotatable bonds is 4. The minimum absolute atomic E-state index is 0.282. The van der Waals surface area contributed by atoms with Crippen LogP contribution in [0.3, 0.4) is 0 Å². The summed E-state index contributed by atoms with van der Waals surface area (Å²) >= 11 is 0. The highest BCUT2D eigenvalue weighted by atomic mass is 31.2. The number of nitrogens with zero attached hydrogens (tertiary/aromatic N) is 2. The number of benzene rings is 7. The molecule has 0 N–H and O–H groups in total. The minimum Gasteiger partial charge on any atom is -0.309 e. The van der Waals surface area contributed by atoms with E-state index in [0.717, 1.165) is 43.5 Å². The van der Waals surface area contributed by atoms with Crippen LogP contribution < -0.4 is 15.9 Å². The molecule has 0 bridgehead atoms. The number of hydrogen-bond acceptors (Lipinski definition) is 2. The van der Waals surface area contributed by atoms with Gasteiger partial charge in [-0.1, -0.05) is 147 Å². The number of hydrogen-bond donors (Lipinski definition) is 0. The molecule has 0 fully saturated rings. The summed E-state index contributed by atoms with van der Waals surface area (Å²) in [6, 6.07) is 57.1. The molecule has 10 rings (SSSR count). The lowest BCUT2D eigenvalue weighted by atomic mass is 9.81. The van der Waals surface area contributed by atoms with Gasteiger partial charge in [-0.05, 0) is 69.1 Å². The van der Waals surface area contributed by atoms with E-state index in [0.29, 0.717) is 0 Å². The second-order valence-electron chi connectivity index (χ2n) is 13.9. The highest BCUT2D eigenvalue weighted by molar-refractivity contribution is 7.85. The summed E-state index contributed by atoms with van der Waals surface area (Å²) in [5, 5.41) is 6.15. The van der Waals surface area contributed by atoms with Crippen LogP contribution in [-0.4, -0.2) is 9.38 Å². The van der Waals surface area contributed by atoms with Gasteiger partial charge in [0.05, 0.1) is 16.6 Å². The molecule has 7 aromatic carbocycles. The van der Waals surface area contributed by atoms with E-state index in [1.807, 2.05) is 60.7 Å². The summed E-state index contributed by atoms with van der Waals surface area (Å²) in [6.07, 6.45) is 0. The molecule has 0 radical (unpaired) electrons. The first kappa shape index (κ1) is 29.2. The van der Waals surface area contributed by atoms with Crippen molar-refractivity contribution in [3.8, 4) is 22.3 Å². The van der Waals surface area contributed by atoms with Gasteiger partial charge in [0.25, 0.3) is 0 Å². The summed E-state index contributed by atoms with van der Waals surface area (Å²) in [5.74, 6) is 0. The Kier molecular flexibility index (Phi) is 6.20. The molecule has 1 aliphatic carbocycles. The Hall–Kier alpha value is -5.76. The van der Waals surface area contributed by atoms with Crippen molar-refractivity contribution in [1.29, 1.82) is 0 Å². The third kappa shape index (κ3) is 4.05. The van der Waals surface area contributed by atoms with Crippen LogP contribution in [0.1, 0.15) is 25.0 Å². The van der Waals surface area contributed by atoms with E-state index >= 15 is 4.57 Å². The fraction of sp³-hybridized carbons (Fsp3) is 0.0652. The highest BCUT2D eigenvalue weighted by Crippen LogP contribution is 2.52. The van der Waals surface area contributed by atoms with Gasteiger partial charge in [-0.25, -0.2) is 4.98 Å². The lowest BCUT2D eigenvalue weighted by Crippen LogP contribution is -2.26. The Morgan fingerprint density at radius 1 is 0.500 bits per heavy atom. The number of imidazole rings is 1. The molecule has 0 spiro atoms. The normalized spacial score (nSPS) is 13.6. The third-order valence-corrected chi connectivity index (χ3v) is 13.9. The topological polar surface area (TPSA) is 34.4 Å². The maximum atomic E-state index is 15.3. The average Bonchev–Trinajstić information content (AvgIpc) is 3.67. The van der Waals surface area contributed by atoms with Gasteiger partial charge in [-0.2, -0.15) is 0 Å². The number of para-hydroxylation sites is 2. The van der Waals surface area contributed by atoms with E-state index in [2.05, 4.69) is 121 Å². The minimum atomic E-state index is -3.10. The van der Waals surface area contributed by atoms with Gasteiger partial charge in [0, 0.05) is 32.1 Å². The second kappa shape index (κ2) is 10.6. The van der Waals surface area contributed by atoms with Crippen molar-refractivity contribution in [2.24, 2.45) is 0 Å². The van der Waals surface area contributed by atoms with Crippen molar-refractivity contribution in [1.82, 2.24) is 9.38 Å². The average molecular weight is 661 g/mol. The smallest absolute Gasteiger partial charge is 0.171 e. The van der Waals surface area contributed by atoms with Crippen LogP contribution in [0.4, 0.5) is 0 Å². The molecule has 0 saturated carbocycles. The van der Waals surface area contributed by atoms with Gasteiger partial charge >= 0.3 is 0 Å². The van der Waals surface area contributed by atoms with Crippen LogP contribution in [0.2, 0.25) is 0 Å². The van der Waals surface area contributed by atoms with Gasteiger partial charge < -0.3 is 4.57 Å². The lowest BCUT2D eigenvalue weighted by molar-refractivity contribution is 0.592. The first-order valence-electron chi connectivity index (χ1n) is 17.2. The molecule has 3 nitrogen and oxygen atoms in total. The quantitative estimate of drug-likeness (QED) is 0.139. The fourth-order valence-corrected chi connectivity index (χ4v) is 11.0. The molecule has 1 aliphatic rings. The maximum Gasteiger partial charge on any atom is 0.171 e. The van der Waals surface area contributed by atoms with Crippen molar-refractivity contribution in [3.63, 3.8) is 0 Å². The van der Waals surface area contributed by atoms with E-state index in [4.69, 9.17) is 4.98 Å². The van der Waals surface area contributed by atoms with E-state index in [-0.39, 0.29) is 5.41 Å². The van der Waals surface area contributed by atoms with Crippen LogP contribution in [0.15, 0.2) is 164 Å². The van der Waals surface area contributed by atoms with Crippen LogP contribution in [0, 0.1) is 0 Å². The van der Waals surface area contributed by atoms with Gasteiger partial charge in [0.1, 0.15) is 5.65 Å². The first-order valence-corrected chi connectivity index (χ1v) is 18.9. The lowest BCUT2D eigenvalue weighted by Gasteiger charge is -2.25. The molecule has 0 unspecified atom stereocenters. The molecule has 2 heterocycles. The van der Waals surface area contributed by atoms with E-state index in [1.54, 1.807) is 0 Å². The fourth-order valence-electron chi connectivity index (χ4n) is 8.31. The van der Waals surface area contributed by atoms with Gasteiger partial charge in [-0.3, -0.25) is 4.40 Å². The predicted molar refractivity (Wildman–Crippen MR) is 210 cm³/mol. The van der Waals surface area contributed by atoms with Gasteiger partial charge in [0.15, 0.2) is 7.14 Å². The van der Waals surface area contributed by atoms with Crippen molar-refractivity contribution in [2.45, 2.75) is 19.3 Å². The summed E-state index contributed by atoms with van der Waals surface area (Å²) in [4.78, 5) is 5.09. The standard InChI is InChI=1S/C46H33N2OP/c1-46(2)40-27-30(31-22-25-38-35-17-9-10-18-39(35)45-47-42-19-11-12-20-43(42)48(45)44(38)28-31)21-24-36(40)37-26-23-34(29-41(37)46)50(49,32-13-5-3-6-14-32)33-15-7-4-8-16-33/h3-29H,1-2H3. The van der Waals surface area contributed by atoms with Crippen LogP contribution in [0.5, 0.6) is 0 Å². The Morgan fingerprint density at radius 2 is 1.08 bits per heavy atom. The molecule has 0 aliphatic heterocycles.